The average Bonchev–Trinajstić information content (AvgIpc) is 2.53. The number of nitrogens with zero attached hydrogens (tertiary/aromatic N) is 2. The molecule has 0 bridgehead atoms. The Labute approximate surface area is 136 Å². The number of amides is 2. The molecule has 0 saturated carbocycles. The molecule has 1 aliphatic rings. The first-order valence-corrected chi connectivity index (χ1v) is 7.86. The maximum Gasteiger partial charge on any atom is 0.246 e. The van der Waals surface area contributed by atoms with Gasteiger partial charge >= 0.3 is 0 Å². The summed E-state index contributed by atoms with van der Waals surface area (Å²) < 4.78 is 0. The molecule has 1 aliphatic heterocycles. The fraction of sp³-hybridized carbons (Fsp3) is 0.412. The minimum atomic E-state index is -0.0217. The van der Waals surface area contributed by atoms with Crippen molar-refractivity contribution in [2.24, 2.45) is 5.92 Å². The van der Waals surface area contributed by atoms with E-state index in [9.17, 15) is 9.59 Å². The SMILES string of the molecule is CC(C)C(=O)N1CCN(C(=O)/C=C/c2ccc(Cl)cc2)CC1. The third-order valence-electron chi connectivity index (χ3n) is 3.69. The second kappa shape index (κ2) is 7.45. The van der Waals surface area contributed by atoms with E-state index in [0.29, 0.717) is 31.2 Å². The summed E-state index contributed by atoms with van der Waals surface area (Å²) in [7, 11) is 0. The van der Waals surface area contributed by atoms with E-state index in [1.807, 2.05) is 30.9 Å². The second-order valence-corrected chi connectivity index (χ2v) is 6.13. The lowest BCUT2D eigenvalue weighted by Crippen LogP contribution is -2.51. The average molecular weight is 321 g/mol. The molecule has 1 heterocycles. The Morgan fingerprint density at radius 1 is 1.05 bits per heavy atom. The highest BCUT2D eigenvalue weighted by atomic mass is 35.5. The molecule has 118 valence electrons. The first-order chi connectivity index (χ1) is 10.5. The van der Waals surface area contributed by atoms with Crippen molar-refractivity contribution in [2.75, 3.05) is 26.2 Å². The monoisotopic (exact) mass is 320 g/mol. The zero-order chi connectivity index (χ0) is 16.1. The molecule has 2 rings (SSSR count). The normalized spacial score (nSPS) is 15.6. The lowest BCUT2D eigenvalue weighted by molar-refractivity contribution is -0.139. The Kier molecular flexibility index (Phi) is 5.61. The summed E-state index contributed by atoms with van der Waals surface area (Å²) in [6, 6.07) is 7.32. The van der Waals surface area contributed by atoms with Crippen LogP contribution in [0.1, 0.15) is 19.4 Å². The zero-order valence-corrected chi connectivity index (χ0v) is 13.7. The van der Waals surface area contributed by atoms with Crippen LogP contribution in [0.4, 0.5) is 0 Å². The Hall–Kier alpha value is -1.81. The second-order valence-electron chi connectivity index (χ2n) is 5.69. The van der Waals surface area contributed by atoms with E-state index in [4.69, 9.17) is 11.6 Å². The zero-order valence-electron chi connectivity index (χ0n) is 13.0. The van der Waals surface area contributed by atoms with Crippen molar-refractivity contribution in [3.8, 4) is 0 Å². The van der Waals surface area contributed by atoms with Crippen LogP contribution in [0.2, 0.25) is 5.02 Å². The standard InChI is InChI=1S/C17H21ClN2O2/c1-13(2)17(22)20-11-9-19(10-12-20)16(21)8-5-14-3-6-15(18)7-4-14/h3-8,13H,9-12H2,1-2H3/b8-5+. The molecule has 0 radical (unpaired) electrons. The third-order valence-corrected chi connectivity index (χ3v) is 3.94. The van der Waals surface area contributed by atoms with Gasteiger partial charge in [0.15, 0.2) is 0 Å². The number of rotatable bonds is 3. The predicted molar refractivity (Wildman–Crippen MR) is 88.5 cm³/mol. The van der Waals surface area contributed by atoms with Gasteiger partial charge in [-0.05, 0) is 23.8 Å². The molecule has 22 heavy (non-hydrogen) atoms. The van der Waals surface area contributed by atoms with Crippen LogP contribution in [0, 0.1) is 5.92 Å². The van der Waals surface area contributed by atoms with Crippen LogP contribution < -0.4 is 0 Å². The van der Waals surface area contributed by atoms with Crippen molar-refractivity contribution in [3.05, 3.63) is 40.9 Å². The van der Waals surface area contributed by atoms with Gasteiger partial charge in [0.1, 0.15) is 0 Å². The fourth-order valence-electron chi connectivity index (χ4n) is 2.36. The van der Waals surface area contributed by atoms with E-state index in [-0.39, 0.29) is 17.7 Å². The topological polar surface area (TPSA) is 40.6 Å². The van der Waals surface area contributed by atoms with Crippen LogP contribution >= 0.6 is 11.6 Å². The lowest BCUT2D eigenvalue weighted by Gasteiger charge is -2.35. The van der Waals surface area contributed by atoms with Crippen molar-refractivity contribution in [2.45, 2.75) is 13.8 Å². The number of hydrogen-bond donors (Lipinski definition) is 0. The summed E-state index contributed by atoms with van der Waals surface area (Å²) in [6.07, 6.45) is 3.35. The summed E-state index contributed by atoms with van der Waals surface area (Å²) in [6.45, 7) is 6.18. The predicted octanol–water partition coefficient (Wildman–Crippen LogP) is 2.68. The van der Waals surface area contributed by atoms with E-state index < -0.39 is 0 Å². The first kappa shape index (κ1) is 16.6. The van der Waals surface area contributed by atoms with Gasteiger partial charge in [0.2, 0.25) is 11.8 Å². The Morgan fingerprint density at radius 2 is 1.59 bits per heavy atom. The van der Waals surface area contributed by atoms with E-state index >= 15 is 0 Å². The summed E-state index contributed by atoms with van der Waals surface area (Å²) in [5.41, 5.74) is 0.936. The minimum Gasteiger partial charge on any atom is -0.339 e. The van der Waals surface area contributed by atoms with Gasteiger partial charge in [-0.1, -0.05) is 37.6 Å². The van der Waals surface area contributed by atoms with Crippen molar-refractivity contribution in [1.29, 1.82) is 0 Å². The van der Waals surface area contributed by atoms with Crippen molar-refractivity contribution < 1.29 is 9.59 Å². The number of carbonyl (C=O) groups excluding carboxylic acids is 2. The third kappa shape index (κ3) is 4.34. The Bertz CT molecular complexity index is 559. The van der Waals surface area contributed by atoms with Crippen LogP contribution in [0.25, 0.3) is 6.08 Å². The van der Waals surface area contributed by atoms with Gasteiger partial charge in [-0.15, -0.1) is 0 Å². The quantitative estimate of drug-likeness (QED) is 0.803. The van der Waals surface area contributed by atoms with Gasteiger partial charge in [0, 0.05) is 43.2 Å². The van der Waals surface area contributed by atoms with E-state index in [2.05, 4.69) is 0 Å². The largest absolute Gasteiger partial charge is 0.339 e. The number of carbonyl (C=O) groups is 2. The van der Waals surface area contributed by atoms with Gasteiger partial charge < -0.3 is 9.80 Å². The molecule has 4 nitrogen and oxygen atoms in total. The van der Waals surface area contributed by atoms with Crippen molar-refractivity contribution >= 4 is 29.5 Å². The molecule has 0 aliphatic carbocycles. The highest BCUT2D eigenvalue weighted by Crippen LogP contribution is 2.12. The molecule has 0 unspecified atom stereocenters. The van der Waals surface area contributed by atoms with Gasteiger partial charge in [0.25, 0.3) is 0 Å². The first-order valence-electron chi connectivity index (χ1n) is 7.48. The van der Waals surface area contributed by atoms with Crippen LogP contribution in [-0.4, -0.2) is 47.8 Å². The van der Waals surface area contributed by atoms with E-state index in [0.717, 1.165) is 5.56 Å². The Morgan fingerprint density at radius 3 is 2.14 bits per heavy atom. The summed E-state index contributed by atoms with van der Waals surface area (Å²) >= 11 is 5.83. The molecular weight excluding hydrogens is 300 g/mol. The van der Waals surface area contributed by atoms with Crippen LogP contribution in [0.3, 0.4) is 0 Å². The number of piperazine rings is 1. The van der Waals surface area contributed by atoms with Crippen LogP contribution in [-0.2, 0) is 9.59 Å². The highest BCUT2D eigenvalue weighted by Gasteiger charge is 2.24. The number of benzene rings is 1. The maximum absolute atomic E-state index is 12.2. The van der Waals surface area contributed by atoms with Crippen molar-refractivity contribution in [3.63, 3.8) is 0 Å². The molecule has 2 amide bonds. The highest BCUT2D eigenvalue weighted by molar-refractivity contribution is 6.30. The van der Waals surface area contributed by atoms with E-state index in [1.54, 1.807) is 29.2 Å². The molecule has 1 aromatic rings. The molecule has 5 heteroatoms. The maximum atomic E-state index is 12.2. The minimum absolute atomic E-state index is 0.00653. The fourth-order valence-corrected chi connectivity index (χ4v) is 2.49. The summed E-state index contributed by atoms with van der Waals surface area (Å²) in [5, 5.41) is 0.675. The van der Waals surface area contributed by atoms with Crippen molar-refractivity contribution in [1.82, 2.24) is 9.80 Å². The Balaban J connectivity index is 1.87. The molecule has 0 atom stereocenters. The number of halogens is 1. The molecular formula is C17H21ClN2O2. The molecule has 0 N–H and O–H groups in total. The summed E-state index contributed by atoms with van der Waals surface area (Å²) in [5.74, 6) is 0.141. The van der Waals surface area contributed by atoms with Gasteiger partial charge in [0.05, 0.1) is 0 Å². The van der Waals surface area contributed by atoms with Crippen LogP contribution in [0.15, 0.2) is 30.3 Å². The molecule has 1 aromatic carbocycles. The summed E-state index contributed by atoms with van der Waals surface area (Å²) in [4.78, 5) is 27.7. The van der Waals surface area contributed by atoms with Gasteiger partial charge in [-0.25, -0.2) is 0 Å². The smallest absolute Gasteiger partial charge is 0.246 e. The van der Waals surface area contributed by atoms with Gasteiger partial charge in [-0.2, -0.15) is 0 Å². The molecule has 1 fully saturated rings. The molecule has 0 spiro atoms. The van der Waals surface area contributed by atoms with Crippen LogP contribution in [0.5, 0.6) is 0 Å². The van der Waals surface area contributed by atoms with E-state index in [1.165, 1.54) is 0 Å². The molecule has 1 saturated heterocycles. The van der Waals surface area contributed by atoms with Gasteiger partial charge in [-0.3, -0.25) is 9.59 Å². The molecule has 0 aromatic heterocycles. The lowest BCUT2D eigenvalue weighted by atomic mass is 10.1. The number of hydrogen-bond acceptors (Lipinski definition) is 2.